The third-order valence-electron chi connectivity index (χ3n) is 7.15. The van der Waals surface area contributed by atoms with Crippen LogP contribution in [0.3, 0.4) is 0 Å². The lowest BCUT2D eigenvalue weighted by molar-refractivity contribution is -0.271. The number of fused-ring (bicyclic) bond motifs is 1. The molecular weight excluding hydrogens is 612 g/mol. The molecule has 0 bridgehead atoms. The Morgan fingerprint density at radius 2 is 1.22 bits per heavy atom. The van der Waals surface area contributed by atoms with Crippen molar-refractivity contribution < 1.29 is 84.0 Å². The van der Waals surface area contributed by atoms with Crippen molar-refractivity contribution in [3.63, 3.8) is 0 Å². The van der Waals surface area contributed by atoms with Gasteiger partial charge in [-0.2, -0.15) is 0 Å². The number of hydrogen-bond acceptors (Lipinski definition) is 16. The molecule has 242 valence electrons. The summed E-state index contributed by atoms with van der Waals surface area (Å²) in [6.07, 6.45) is -19.5. The zero-order valence-electron chi connectivity index (χ0n) is 22.5. The number of carbonyl (C=O) groups is 2. The van der Waals surface area contributed by atoms with Gasteiger partial charge in [-0.1, -0.05) is 0 Å². The van der Waals surface area contributed by atoms with Crippen LogP contribution >= 0.6 is 0 Å². The molecule has 2 aliphatic rings. The van der Waals surface area contributed by atoms with Crippen molar-refractivity contribution in [1.82, 2.24) is 0 Å². The molecule has 18 nitrogen and oxygen atoms in total. The highest BCUT2D eigenvalue weighted by Crippen LogP contribution is 2.37. The number of carboxylic acid groups (broad SMARTS) is 2. The molecule has 18 heteroatoms. The van der Waals surface area contributed by atoms with Crippen LogP contribution in [0.15, 0.2) is 45.6 Å². The molecule has 45 heavy (non-hydrogen) atoms. The minimum Gasteiger partial charge on any atom is -0.507 e. The third-order valence-corrected chi connectivity index (χ3v) is 7.15. The SMILES string of the molecule is O=C(O)[C@H]1O[C@@H](Oc2cc(O)c3c(=O)cc(-c4ccc(O)c(O[C@@H]5O[C@H](C(=O)O)[C@H](O)[C@H](O)[C@H]5O)c4)oc3c2)[C@H](O)[C@@H](O)[C@H]1O. The lowest BCUT2D eigenvalue weighted by Crippen LogP contribution is -2.61. The fourth-order valence-corrected chi connectivity index (χ4v) is 4.77. The Hall–Kier alpha value is -4.53. The van der Waals surface area contributed by atoms with Crippen molar-refractivity contribution in [3.8, 4) is 34.3 Å². The van der Waals surface area contributed by atoms with E-state index in [9.17, 15) is 65.4 Å². The van der Waals surface area contributed by atoms with Crippen molar-refractivity contribution in [2.75, 3.05) is 0 Å². The summed E-state index contributed by atoms with van der Waals surface area (Å²) in [5.74, 6) is -5.45. The predicted molar refractivity (Wildman–Crippen MR) is 141 cm³/mol. The molecule has 0 radical (unpaired) electrons. The first kappa shape index (κ1) is 31.9. The first-order chi connectivity index (χ1) is 21.2. The molecule has 3 heterocycles. The molecule has 2 fully saturated rings. The van der Waals surface area contributed by atoms with Gasteiger partial charge in [0, 0.05) is 23.8 Å². The highest BCUT2D eigenvalue weighted by Gasteiger charge is 2.49. The number of carboxylic acids is 2. The number of aromatic hydroxyl groups is 2. The number of phenols is 2. The first-order valence-electron chi connectivity index (χ1n) is 13.0. The summed E-state index contributed by atoms with van der Waals surface area (Å²) in [7, 11) is 0. The molecule has 2 saturated heterocycles. The van der Waals surface area contributed by atoms with Gasteiger partial charge in [-0.3, -0.25) is 4.79 Å². The number of rotatable bonds is 7. The van der Waals surface area contributed by atoms with Crippen LogP contribution in [0.5, 0.6) is 23.0 Å². The normalized spacial score (nSPS) is 31.8. The molecule has 10 atom stereocenters. The van der Waals surface area contributed by atoms with Crippen LogP contribution in [0.1, 0.15) is 0 Å². The van der Waals surface area contributed by atoms with Crippen molar-refractivity contribution in [2.45, 2.75) is 61.4 Å². The van der Waals surface area contributed by atoms with Gasteiger partial charge in [0.15, 0.2) is 29.1 Å². The summed E-state index contributed by atoms with van der Waals surface area (Å²) in [6.45, 7) is 0. The molecule has 0 amide bonds. The molecule has 0 saturated carbocycles. The maximum atomic E-state index is 12.9. The number of ether oxygens (including phenoxy) is 4. The molecule has 0 unspecified atom stereocenters. The summed E-state index contributed by atoms with van der Waals surface area (Å²) in [5, 5.41) is 99.3. The van der Waals surface area contributed by atoms with Crippen LogP contribution in [0.4, 0.5) is 0 Å². The number of aliphatic carboxylic acids is 2. The van der Waals surface area contributed by atoms with Crippen LogP contribution in [-0.4, -0.2) is 124 Å². The number of benzene rings is 2. The Balaban J connectivity index is 1.46. The van der Waals surface area contributed by atoms with Crippen LogP contribution in [-0.2, 0) is 19.1 Å². The zero-order valence-corrected chi connectivity index (χ0v) is 22.5. The Kier molecular flexibility index (Phi) is 8.58. The van der Waals surface area contributed by atoms with Gasteiger partial charge in [0.05, 0.1) is 0 Å². The maximum absolute atomic E-state index is 12.9. The van der Waals surface area contributed by atoms with Crippen LogP contribution in [0, 0.1) is 0 Å². The molecule has 10 N–H and O–H groups in total. The van der Waals surface area contributed by atoms with Gasteiger partial charge in [-0.15, -0.1) is 0 Å². The topological polar surface area (TPSA) is 304 Å². The monoisotopic (exact) mass is 638 g/mol. The smallest absolute Gasteiger partial charge is 0.335 e. The molecule has 1 aromatic heterocycles. The van der Waals surface area contributed by atoms with Gasteiger partial charge in [-0.05, 0) is 18.2 Å². The van der Waals surface area contributed by atoms with E-state index in [1.165, 1.54) is 6.07 Å². The first-order valence-corrected chi connectivity index (χ1v) is 13.0. The van der Waals surface area contributed by atoms with Crippen LogP contribution in [0.25, 0.3) is 22.3 Å². The standard InChI is InChI=1S/C27H26O18/c28-9-2-1-7(3-13(9)43-27-21(36)17(32)19(34)23(45-27)25(39)40)12-6-11(30)15-10(29)4-8(5-14(15)42-12)41-26-20(35)16(31)18(33)22(44-26)24(37)38/h1-6,16-23,26-29,31-36H,(H,37,38)(H,39,40)/t16-,17-,18+,19+,20+,21+,22-,23-,26+,27+/m0/s1. The zero-order chi connectivity index (χ0) is 32.9. The molecule has 3 aromatic rings. The molecular formula is C27H26O18. The summed E-state index contributed by atoms with van der Waals surface area (Å²) < 4.78 is 26.7. The van der Waals surface area contributed by atoms with Crippen LogP contribution in [0.2, 0.25) is 0 Å². The Bertz CT molecular complexity index is 1670. The second kappa shape index (κ2) is 12.1. The van der Waals surface area contributed by atoms with Gasteiger partial charge >= 0.3 is 11.9 Å². The average molecular weight is 638 g/mol. The molecule has 2 aromatic carbocycles. The minimum atomic E-state index is -1.99. The van der Waals surface area contributed by atoms with E-state index in [0.29, 0.717) is 0 Å². The van der Waals surface area contributed by atoms with E-state index in [0.717, 1.165) is 30.3 Å². The van der Waals surface area contributed by atoms with Gasteiger partial charge < -0.3 is 74.4 Å². The fraction of sp³-hybridized carbons (Fsp3) is 0.370. The second-order valence-corrected chi connectivity index (χ2v) is 10.2. The van der Waals surface area contributed by atoms with Crippen LogP contribution < -0.4 is 14.9 Å². The molecule has 0 spiro atoms. The van der Waals surface area contributed by atoms with Gasteiger partial charge in [-0.25, -0.2) is 9.59 Å². The highest BCUT2D eigenvalue weighted by molar-refractivity contribution is 5.86. The molecule has 0 aliphatic carbocycles. The van der Waals surface area contributed by atoms with Gasteiger partial charge in [0.2, 0.25) is 12.6 Å². The van der Waals surface area contributed by atoms with E-state index in [1.54, 1.807) is 0 Å². The predicted octanol–water partition coefficient (Wildman–Crippen LogP) is -2.59. The second-order valence-electron chi connectivity index (χ2n) is 10.2. The highest BCUT2D eigenvalue weighted by atomic mass is 16.7. The Labute approximate surface area is 249 Å². The maximum Gasteiger partial charge on any atom is 0.335 e. The molecule has 2 aliphatic heterocycles. The summed E-state index contributed by atoms with van der Waals surface area (Å²) in [5.41, 5.74) is -1.01. The number of hydrogen-bond donors (Lipinski definition) is 10. The van der Waals surface area contributed by atoms with Gasteiger partial charge in [0.1, 0.15) is 64.9 Å². The largest absolute Gasteiger partial charge is 0.507 e. The van der Waals surface area contributed by atoms with E-state index < -0.39 is 96.0 Å². The summed E-state index contributed by atoms with van der Waals surface area (Å²) >= 11 is 0. The minimum absolute atomic E-state index is 0.0562. The van der Waals surface area contributed by atoms with Gasteiger partial charge in [0.25, 0.3) is 0 Å². The van der Waals surface area contributed by atoms with E-state index >= 15 is 0 Å². The Morgan fingerprint density at radius 3 is 1.78 bits per heavy atom. The number of aliphatic hydroxyl groups excluding tert-OH is 6. The van der Waals surface area contributed by atoms with E-state index in [-0.39, 0.29) is 28.0 Å². The number of phenolic OH excluding ortho intramolecular Hbond substituents is 2. The fourth-order valence-electron chi connectivity index (χ4n) is 4.77. The lowest BCUT2D eigenvalue weighted by atomic mass is 9.99. The van der Waals surface area contributed by atoms with Crippen molar-refractivity contribution in [3.05, 3.63) is 46.6 Å². The van der Waals surface area contributed by atoms with Crippen molar-refractivity contribution in [1.29, 1.82) is 0 Å². The van der Waals surface area contributed by atoms with E-state index in [2.05, 4.69) is 0 Å². The Morgan fingerprint density at radius 1 is 0.667 bits per heavy atom. The van der Waals surface area contributed by atoms with Crippen molar-refractivity contribution >= 4 is 22.9 Å². The quantitative estimate of drug-likeness (QED) is 0.127. The molecule has 5 rings (SSSR count). The average Bonchev–Trinajstić information content (AvgIpc) is 2.97. The summed E-state index contributed by atoms with van der Waals surface area (Å²) in [4.78, 5) is 35.7. The number of aliphatic hydroxyl groups is 6. The lowest BCUT2D eigenvalue weighted by Gasteiger charge is -2.38. The summed E-state index contributed by atoms with van der Waals surface area (Å²) in [6, 6.07) is 6.43. The van der Waals surface area contributed by atoms with E-state index in [4.69, 9.17) is 23.4 Å². The van der Waals surface area contributed by atoms with Crippen molar-refractivity contribution in [2.24, 2.45) is 0 Å². The van der Waals surface area contributed by atoms with E-state index in [1.807, 2.05) is 0 Å². The third kappa shape index (κ3) is 5.95.